The first-order valence-electron chi connectivity index (χ1n) is 6.20. The number of ether oxygens (including phenoxy) is 2. The number of nitrogens with zero attached hydrogens (tertiary/aromatic N) is 2. The molecule has 0 aromatic carbocycles. The van der Waals surface area contributed by atoms with Gasteiger partial charge in [0, 0.05) is 5.39 Å². The first-order chi connectivity index (χ1) is 9.13. The summed E-state index contributed by atoms with van der Waals surface area (Å²) in [4.78, 5) is 21.9. The number of hydrogen-bond donors (Lipinski definition) is 0. The first-order valence-corrected chi connectivity index (χ1v) is 7.01. The lowest BCUT2D eigenvalue weighted by Gasteiger charge is -2.01. The summed E-state index contributed by atoms with van der Waals surface area (Å²) < 4.78 is 10.5. The van der Waals surface area contributed by atoms with E-state index in [1.165, 1.54) is 17.7 Å². The minimum Gasteiger partial charge on any atom is -0.462 e. The Kier molecular flexibility index (Phi) is 2.99. The molecule has 0 unspecified atom stereocenters. The van der Waals surface area contributed by atoms with Crippen molar-refractivity contribution in [3.63, 3.8) is 0 Å². The highest BCUT2D eigenvalue weighted by atomic mass is 32.1. The van der Waals surface area contributed by atoms with Crippen molar-refractivity contribution in [1.82, 2.24) is 9.97 Å². The molecule has 0 N–H and O–H groups in total. The molecule has 1 aliphatic rings. The molecule has 0 amide bonds. The van der Waals surface area contributed by atoms with E-state index in [0.717, 1.165) is 21.5 Å². The molecule has 0 bridgehead atoms. The Hall–Kier alpha value is -1.53. The Balaban J connectivity index is 2.13. The third-order valence-corrected chi connectivity index (χ3v) is 4.38. The smallest absolute Gasteiger partial charge is 0.348 e. The summed E-state index contributed by atoms with van der Waals surface area (Å²) in [6.07, 6.45) is 1.73. The Labute approximate surface area is 114 Å². The molecule has 3 rings (SSSR count). The van der Waals surface area contributed by atoms with Crippen LogP contribution >= 0.6 is 11.3 Å². The van der Waals surface area contributed by atoms with Gasteiger partial charge in [-0.3, -0.25) is 0 Å². The number of aromatic nitrogens is 2. The van der Waals surface area contributed by atoms with Crippen LogP contribution in [0.3, 0.4) is 0 Å². The number of rotatable bonds is 3. The van der Waals surface area contributed by atoms with Crippen LogP contribution < -0.4 is 0 Å². The van der Waals surface area contributed by atoms with E-state index in [2.05, 4.69) is 9.97 Å². The molecule has 6 heteroatoms. The van der Waals surface area contributed by atoms with E-state index in [9.17, 15) is 4.79 Å². The first kappa shape index (κ1) is 12.5. The van der Waals surface area contributed by atoms with Gasteiger partial charge in [-0.15, -0.1) is 11.3 Å². The maximum Gasteiger partial charge on any atom is 0.348 e. The zero-order valence-corrected chi connectivity index (χ0v) is 11.8. The summed E-state index contributed by atoms with van der Waals surface area (Å²) in [5.74, 6) is -0.293. The second-order valence-corrected chi connectivity index (χ2v) is 5.48. The normalized spacial score (nSPS) is 21.6. The van der Waals surface area contributed by atoms with Crippen LogP contribution in [0.5, 0.6) is 0 Å². The van der Waals surface area contributed by atoms with Crippen LogP contribution in [-0.4, -0.2) is 28.6 Å². The van der Waals surface area contributed by atoms with Gasteiger partial charge in [0.2, 0.25) is 0 Å². The predicted molar refractivity (Wildman–Crippen MR) is 71.4 cm³/mol. The number of carbonyl (C=O) groups is 1. The van der Waals surface area contributed by atoms with E-state index >= 15 is 0 Å². The van der Waals surface area contributed by atoms with Crippen molar-refractivity contribution in [2.75, 3.05) is 6.61 Å². The third kappa shape index (κ3) is 2.01. The maximum atomic E-state index is 11.9. The number of carbonyl (C=O) groups excluding carboxylic acids is 1. The quantitative estimate of drug-likeness (QED) is 0.638. The van der Waals surface area contributed by atoms with E-state index in [1.54, 1.807) is 6.92 Å². The summed E-state index contributed by atoms with van der Waals surface area (Å²) in [7, 11) is 0. The van der Waals surface area contributed by atoms with Gasteiger partial charge in [-0.1, -0.05) is 0 Å². The SMILES string of the molecule is CCOC(=O)c1sc2ncnc([C@@H]3O[C@H]3C)c2c1C. The molecule has 100 valence electrons. The van der Waals surface area contributed by atoms with Gasteiger partial charge in [0.1, 0.15) is 22.1 Å². The van der Waals surface area contributed by atoms with E-state index < -0.39 is 0 Å². The Bertz CT molecular complexity index is 653. The van der Waals surface area contributed by atoms with Crippen molar-refractivity contribution in [3.8, 4) is 0 Å². The van der Waals surface area contributed by atoms with Crippen molar-refractivity contribution in [2.45, 2.75) is 33.0 Å². The molecule has 0 saturated carbocycles. The summed E-state index contributed by atoms with van der Waals surface area (Å²) >= 11 is 1.35. The number of hydrogen-bond acceptors (Lipinski definition) is 6. The molecule has 2 atom stereocenters. The minimum atomic E-state index is -0.293. The standard InChI is InChI=1S/C13H14N2O3S/c1-4-17-13(16)11-6(2)8-9(10-7(3)18-10)14-5-15-12(8)19-11/h5,7,10H,4H2,1-3H3/t7-,10+/m0/s1. The van der Waals surface area contributed by atoms with Crippen molar-refractivity contribution in [3.05, 3.63) is 22.5 Å². The van der Waals surface area contributed by atoms with Crippen molar-refractivity contribution in [2.24, 2.45) is 0 Å². The minimum absolute atomic E-state index is 0.0221. The molecular formula is C13H14N2O3S. The highest BCUT2D eigenvalue weighted by Gasteiger charge is 2.39. The molecule has 0 aliphatic carbocycles. The van der Waals surface area contributed by atoms with Crippen LogP contribution in [0.15, 0.2) is 6.33 Å². The summed E-state index contributed by atoms with van der Waals surface area (Å²) in [5, 5.41) is 0.935. The van der Waals surface area contributed by atoms with E-state index in [1.807, 2.05) is 13.8 Å². The van der Waals surface area contributed by atoms with Gasteiger partial charge in [0.25, 0.3) is 0 Å². The average molecular weight is 278 g/mol. The molecule has 1 saturated heterocycles. The molecule has 5 nitrogen and oxygen atoms in total. The molecule has 19 heavy (non-hydrogen) atoms. The molecule has 1 fully saturated rings. The van der Waals surface area contributed by atoms with Crippen LogP contribution in [0, 0.1) is 6.92 Å². The monoisotopic (exact) mass is 278 g/mol. The Morgan fingerprint density at radius 3 is 2.89 bits per heavy atom. The third-order valence-electron chi connectivity index (χ3n) is 3.20. The summed E-state index contributed by atoms with van der Waals surface area (Å²) in [6, 6.07) is 0. The number of epoxide rings is 1. The summed E-state index contributed by atoms with van der Waals surface area (Å²) in [5.41, 5.74) is 1.76. The van der Waals surface area contributed by atoms with Crippen molar-refractivity contribution >= 4 is 27.5 Å². The lowest BCUT2D eigenvalue weighted by Crippen LogP contribution is -2.03. The van der Waals surface area contributed by atoms with Gasteiger partial charge in [-0.2, -0.15) is 0 Å². The van der Waals surface area contributed by atoms with Crippen LogP contribution in [-0.2, 0) is 9.47 Å². The van der Waals surface area contributed by atoms with Crippen molar-refractivity contribution in [1.29, 1.82) is 0 Å². The number of esters is 1. The number of fused-ring (bicyclic) bond motifs is 1. The second-order valence-electron chi connectivity index (χ2n) is 4.48. The molecule has 2 aromatic rings. The lowest BCUT2D eigenvalue weighted by atomic mass is 10.1. The van der Waals surface area contributed by atoms with Gasteiger partial charge in [-0.05, 0) is 26.3 Å². The van der Waals surface area contributed by atoms with Gasteiger partial charge in [0.15, 0.2) is 0 Å². The molecular weight excluding hydrogens is 264 g/mol. The van der Waals surface area contributed by atoms with E-state index in [4.69, 9.17) is 9.47 Å². The highest BCUT2D eigenvalue weighted by Crippen LogP contribution is 2.42. The predicted octanol–water partition coefficient (Wildman–Crippen LogP) is 2.64. The molecule has 1 aliphatic heterocycles. The summed E-state index contributed by atoms with van der Waals surface area (Å²) in [6.45, 7) is 6.08. The highest BCUT2D eigenvalue weighted by molar-refractivity contribution is 7.20. The van der Waals surface area contributed by atoms with Gasteiger partial charge in [-0.25, -0.2) is 14.8 Å². The van der Waals surface area contributed by atoms with Crippen LogP contribution in [0.4, 0.5) is 0 Å². The molecule has 2 aromatic heterocycles. The fraction of sp³-hybridized carbons (Fsp3) is 0.462. The van der Waals surface area contributed by atoms with Gasteiger partial charge >= 0.3 is 5.97 Å². The fourth-order valence-corrected chi connectivity index (χ4v) is 3.23. The van der Waals surface area contributed by atoms with Crippen LogP contribution in [0.25, 0.3) is 10.2 Å². The average Bonchev–Trinajstić information content (AvgIpc) is 3.02. The van der Waals surface area contributed by atoms with Gasteiger partial charge in [0.05, 0.1) is 18.4 Å². The topological polar surface area (TPSA) is 64.6 Å². The maximum absolute atomic E-state index is 11.9. The Morgan fingerprint density at radius 1 is 1.53 bits per heavy atom. The van der Waals surface area contributed by atoms with Crippen LogP contribution in [0.2, 0.25) is 0 Å². The van der Waals surface area contributed by atoms with Crippen LogP contribution in [0.1, 0.15) is 40.9 Å². The van der Waals surface area contributed by atoms with E-state index in [-0.39, 0.29) is 18.2 Å². The zero-order chi connectivity index (χ0) is 13.6. The fourth-order valence-electron chi connectivity index (χ4n) is 2.18. The molecule has 3 heterocycles. The number of thiophene rings is 1. The zero-order valence-electron chi connectivity index (χ0n) is 11.0. The van der Waals surface area contributed by atoms with E-state index in [0.29, 0.717) is 11.5 Å². The molecule has 0 radical (unpaired) electrons. The van der Waals surface area contributed by atoms with Crippen molar-refractivity contribution < 1.29 is 14.3 Å². The largest absolute Gasteiger partial charge is 0.462 e. The second kappa shape index (κ2) is 4.54. The van der Waals surface area contributed by atoms with Gasteiger partial charge < -0.3 is 9.47 Å². The molecule has 0 spiro atoms. The number of aryl methyl sites for hydroxylation is 1. The Morgan fingerprint density at radius 2 is 2.26 bits per heavy atom. The lowest BCUT2D eigenvalue weighted by molar-refractivity contribution is 0.0531.